The Labute approximate surface area is 147 Å². The Hall–Kier alpha value is -1.40. The molecule has 5 nitrogen and oxygen atoms in total. The topological polar surface area (TPSA) is 46.8 Å². The predicted molar refractivity (Wildman–Crippen MR) is 96.9 cm³/mol. The van der Waals surface area contributed by atoms with Crippen molar-refractivity contribution in [2.45, 2.75) is 25.4 Å². The SMILES string of the molecule is Cc1ncccc1-c1nnc(SCCCN2CC3C(C)C3C2)n1C. The van der Waals surface area contributed by atoms with Crippen LogP contribution in [0.15, 0.2) is 23.5 Å². The molecule has 24 heavy (non-hydrogen) atoms. The van der Waals surface area contributed by atoms with Crippen molar-refractivity contribution in [2.75, 3.05) is 25.4 Å². The van der Waals surface area contributed by atoms with E-state index >= 15 is 0 Å². The Balaban J connectivity index is 1.29. The van der Waals surface area contributed by atoms with E-state index in [0.29, 0.717) is 0 Å². The van der Waals surface area contributed by atoms with E-state index in [9.17, 15) is 0 Å². The lowest BCUT2D eigenvalue weighted by atomic mass is 10.2. The molecule has 0 aromatic carbocycles. The van der Waals surface area contributed by atoms with E-state index in [1.54, 1.807) is 11.8 Å². The van der Waals surface area contributed by atoms with Gasteiger partial charge >= 0.3 is 0 Å². The summed E-state index contributed by atoms with van der Waals surface area (Å²) in [5, 5.41) is 9.73. The van der Waals surface area contributed by atoms with Crippen molar-refractivity contribution in [1.29, 1.82) is 0 Å². The van der Waals surface area contributed by atoms with Crippen LogP contribution in [-0.4, -0.2) is 50.0 Å². The minimum Gasteiger partial charge on any atom is -0.305 e. The summed E-state index contributed by atoms with van der Waals surface area (Å²) >= 11 is 1.81. The molecule has 0 bridgehead atoms. The van der Waals surface area contributed by atoms with E-state index in [2.05, 4.69) is 37.6 Å². The van der Waals surface area contributed by atoms with Crippen LogP contribution in [0.5, 0.6) is 0 Å². The van der Waals surface area contributed by atoms with Gasteiger partial charge in [0.25, 0.3) is 0 Å². The van der Waals surface area contributed by atoms with Crippen molar-refractivity contribution in [3.05, 3.63) is 24.0 Å². The highest BCUT2D eigenvalue weighted by molar-refractivity contribution is 7.99. The van der Waals surface area contributed by atoms with Gasteiger partial charge in [0, 0.05) is 43.3 Å². The van der Waals surface area contributed by atoms with E-state index < -0.39 is 0 Å². The minimum atomic E-state index is 0.900. The zero-order valence-electron chi connectivity index (χ0n) is 14.6. The molecule has 1 aliphatic carbocycles. The Kier molecular flexibility index (Phi) is 4.35. The van der Waals surface area contributed by atoms with Crippen molar-refractivity contribution in [3.8, 4) is 11.4 Å². The maximum absolute atomic E-state index is 4.37. The van der Waals surface area contributed by atoms with Crippen molar-refractivity contribution in [3.63, 3.8) is 0 Å². The lowest BCUT2D eigenvalue weighted by Gasteiger charge is -2.17. The largest absolute Gasteiger partial charge is 0.305 e. The van der Waals surface area contributed by atoms with Gasteiger partial charge < -0.3 is 9.47 Å². The van der Waals surface area contributed by atoms with Gasteiger partial charge in [0.1, 0.15) is 0 Å². The van der Waals surface area contributed by atoms with Gasteiger partial charge in [-0.3, -0.25) is 4.98 Å². The zero-order valence-corrected chi connectivity index (χ0v) is 15.5. The summed E-state index contributed by atoms with van der Waals surface area (Å²) in [6, 6.07) is 4.01. The number of fused-ring (bicyclic) bond motifs is 1. The van der Waals surface area contributed by atoms with Gasteiger partial charge in [-0.05, 0) is 49.8 Å². The molecule has 0 radical (unpaired) electrons. The molecule has 0 amide bonds. The molecule has 2 unspecified atom stereocenters. The molecule has 2 aromatic heterocycles. The molecule has 1 aliphatic heterocycles. The first kappa shape index (κ1) is 16.1. The second-order valence-corrected chi connectivity index (χ2v) is 8.21. The van der Waals surface area contributed by atoms with Crippen molar-refractivity contribution in [2.24, 2.45) is 24.8 Å². The van der Waals surface area contributed by atoms with Crippen LogP contribution in [0.3, 0.4) is 0 Å². The number of aryl methyl sites for hydroxylation is 1. The second-order valence-electron chi connectivity index (χ2n) is 7.15. The first-order valence-electron chi connectivity index (χ1n) is 8.81. The number of hydrogen-bond donors (Lipinski definition) is 0. The minimum absolute atomic E-state index is 0.900. The average molecular weight is 344 g/mol. The van der Waals surface area contributed by atoms with Gasteiger partial charge in [-0.2, -0.15) is 0 Å². The third kappa shape index (κ3) is 2.97. The van der Waals surface area contributed by atoms with E-state index in [4.69, 9.17) is 0 Å². The number of rotatable bonds is 6. The second kappa shape index (κ2) is 6.48. The van der Waals surface area contributed by atoms with Crippen molar-refractivity contribution < 1.29 is 0 Å². The van der Waals surface area contributed by atoms with Crippen LogP contribution in [0.2, 0.25) is 0 Å². The summed E-state index contributed by atoms with van der Waals surface area (Å²) in [6.07, 6.45) is 3.03. The Morgan fingerprint density at radius 2 is 2.04 bits per heavy atom. The fraction of sp³-hybridized carbons (Fsp3) is 0.611. The van der Waals surface area contributed by atoms with E-state index in [0.717, 1.165) is 45.7 Å². The Bertz CT molecular complexity index is 716. The molecule has 2 aliphatic rings. The van der Waals surface area contributed by atoms with Crippen LogP contribution >= 0.6 is 11.8 Å². The van der Waals surface area contributed by atoms with Crippen molar-refractivity contribution in [1.82, 2.24) is 24.6 Å². The number of hydrogen-bond acceptors (Lipinski definition) is 5. The molecule has 2 atom stereocenters. The molecule has 1 saturated carbocycles. The molecule has 3 heterocycles. The number of likely N-dealkylation sites (tertiary alicyclic amines) is 1. The Morgan fingerprint density at radius 1 is 1.25 bits per heavy atom. The number of aromatic nitrogens is 4. The molecule has 6 heteroatoms. The Morgan fingerprint density at radius 3 is 2.79 bits per heavy atom. The quantitative estimate of drug-likeness (QED) is 0.596. The highest BCUT2D eigenvalue weighted by atomic mass is 32.2. The maximum atomic E-state index is 4.37. The molecule has 128 valence electrons. The molecule has 4 rings (SSSR count). The monoisotopic (exact) mass is 343 g/mol. The molecule has 2 aromatic rings. The number of pyridine rings is 1. The maximum Gasteiger partial charge on any atom is 0.191 e. The van der Waals surface area contributed by atoms with Gasteiger partial charge in [-0.1, -0.05) is 18.7 Å². The lowest BCUT2D eigenvalue weighted by molar-refractivity contribution is 0.290. The van der Waals surface area contributed by atoms with Crippen LogP contribution < -0.4 is 0 Å². The van der Waals surface area contributed by atoms with Crippen LogP contribution in [0, 0.1) is 24.7 Å². The first-order valence-corrected chi connectivity index (χ1v) is 9.80. The van der Waals surface area contributed by atoms with E-state index in [1.807, 2.05) is 26.2 Å². The number of piperidine rings is 1. The smallest absolute Gasteiger partial charge is 0.191 e. The van der Waals surface area contributed by atoms with Crippen LogP contribution in [-0.2, 0) is 7.05 Å². The summed E-state index contributed by atoms with van der Waals surface area (Å²) in [5.41, 5.74) is 2.05. The van der Waals surface area contributed by atoms with Gasteiger partial charge in [-0.15, -0.1) is 10.2 Å². The van der Waals surface area contributed by atoms with E-state index in [-0.39, 0.29) is 0 Å². The third-order valence-electron chi connectivity index (χ3n) is 5.63. The molecule has 0 spiro atoms. The van der Waals surface area contributed by atoms with E-state index in [1.165, 1.54) is 26.1 Å². The predicted octanol–water partition coefficient (Wildman–Crippen LogP) is 2.87. The average Bonchev–Trinajstić information content (AvgIpc) is 2.94. The summed E-state index contributed by atoms with van der Waals surface area (Å²) in [7, 11) is 2.04. The van der Waals surface area contributed by atoms with Gasteiger partial charge in [0.2, 0.25) is 0 Å². The fourth-order valence-electron chi connectivity index (χ4n) is 3.94. The van der Waals surface area contributed by atoms with Gasteiger partial charge in [0.05, 0.1) is 0 Å². The summed E-state index contributed by atoms with van der Waals surface area (Å²) in [6.45, 7) is 8.28. The number of nitrogens with zero attached hydrogens (tertiary/aromatic N) is 5. The normalized spacial score (nSPS) is 25.9. The molecular weight excluding hydrogens is 318 g/mol. The van der Waals surface area contributed by atoms with Crippen LogP contribution in [0.4, 0.5) is 0 Å². The highest BCUT2D eigenvalue weighted by Gasteiger charge is 2.52. The van der Waals surface area contributed by atoms with Crippen molar-refractivity contribution >= 4 is 11.8 Å². The van der Waals surface area contributed by atoms with Crippen LogP contribution in [0.1, 0.15) is 19.0 Å². The standard InChI is InChI=1S/C18H25N5S/c1-12-15-10-23(11-16(12)15)8-5-9-24-18-21-20-17(22(18)3)14-6-4-7-19-13(14)2/h4,6-7,12,15-16H,5,8-11H2,1-3H3. The molecule has 0 N–H and O–H groups in total. The first-order chi connectivity index (χ1) is 11.6. The fourth-order valence-corrected chi connectivity index (χ4v) is 4.78. The highest BCUT2D eigenvalue weighted by Crippen LogP contribution is 2.51. The molecular formula is C18H25N5S. The molecule has 1 saturated heterocycles. The summed E-state index contributed by atoms with van der Waals surface area (Å²) in [4.78, 5) is 6.98. The zero-order chi connectivity index (χ0) is 16.7. The lowest BCUT2D eigenvalue weighted by Crippen LogP contribution is -2.25. The molecule has 2 fully saturated rings. The summed E-state index contributed by atoms with van der Waals surface area (Å²) < 4.78 is 2.08. The number of thioether (sulfide) groups is 1. The third-order valence-corrected chi connectivity index (χ3v) is 6.74. The summed E-state index contributed by atoms with van der Waals surface area (Å²) in [5.74, 6) is 4.99. The van der Waals surface area contributed by atoms with Gasteiger partial charge in [-0.25, -0.2) is 0 Å². The van der Waals surface area contributed by atoms with Gasteiger partial charge in [0.15, 0.2) is 11.0 Å². The van der Waals surface area contributed by atoms with Crippen LogP contribution in [0.25, 0.3) is 11.4 Å².